The van der Waals surface area contributed by atoms with Gasteiger partial charge in [0.25, 0.3) is 0 Å². The molecule has 0 saturated heterocycles. The number of nitrogens with zero attached hydrogens (tertiary/aromatic N) is 1. The second-order valence-electron chi connectivity index (χ2n) is 5.43. The van der Waals surface area contributed by atoms with E-state index in [0.29, 0.717) is 0 Å². The maximum atomic E-state index is 2.58. The van der Waals surface area contributed by atoms with Gasteiger partial charge in [-0.25, -0.2) is 0 Å². The summed E-state index contributed by atoms with van der Waals surface area (Å²) >= 11 is -1.60. The summed E-state index contributed by atoms with van der Waals surface area (Å²) in [5, 5.41) is 0. The molecule has 0 aromatic heterocycles. The predicted octanol–water partition coefficient (Wildman–Crippen LogP) is 2.81. The van der Waals surface area contributed by atoms with Gasteiger partial charge in [0.05, 0.1) is 0 Å². The fourth-order valence-corrected chi connectivity index (χ4v) is 10.2. The molecule has 72 valence electrons. The zero-order valence-corrected chi connectivity index (χ0v) is 12.1. The van der Waals surface area contributed by atoms with E-state index in [0.717, 1.165) is 9.98 Å². The molecule has 1 nitrogen and oxygen atoms in total. The van der Waals surface area contributed by atoms with Crippen molar-refractivity contribution in [2.45, 2.75) is 44.1 Å². The van der Waals surface area contributed by atoms with E-state index in [9.17, 15) is 0 Å². The van der Waals surface area contributed by atoms with Crippen LogP contribution in [0.25, 0.3) is 0 Å². The molecule has 1 rings (SSSR count). The quantitative estimate of drug-likeness (QED) is 0.701. The zero-order valence-electron chi connectivity index (χ0n) is 9.22. The molecule has 1 saturated carbocycles. The van der Waals surface area contributed by atoms with Gasteiger partial charge in [0.2, 0.25) is 0 Å². The molecule has 0 aliphatic heterocycles. The summed E-state index contributed by atoms with van der Waals surface area (Å²) in [5.74, 6) is 0. The fraction of sp³-hybridized carbons (Fsp3) is 1.00. The maximum absolute atomic E-state index is 2.58. The Hall–Kier alpha value is 0.759. The van der Waals surface area contributed by atoms with Crippen molar-refractivity contribution in [1.82, 2.24) is 4.90 Å². The first-order valence-corrected chi connectivity index (χ1v) is 15.3. The van der Waals surface area contributed by atoms with E-state index in [4.69, 9.17) is 0 Å². The second-order valence-corrected chi connectivity index (χ2v) is 21.1. The molecule has 1 fully saturated rings. The van der Waals surface area contributed by atoms with Crippen molar-refractivity contribution in [3.63, 3.8) is 0 Å². The van der Waals surface area contributed by atoms with E-state index in [2.05, 4.69) is 33.8 Å². The van der Waals surface area contributed by atoms with Gasteiger partial charge < -0.3 is 0 Å². The SMILES string of the molecule is CN(C)C1CCC[CH]1[Sn]([CH3])([CH3])[CH3]. The molecule has 0 spiro atoms. The second kappa shape index (κ2) is 3.87. The molecular formula is C10H23NSn. The standard InChI is InChI=1S/C7H14N.3CH3.Sn/c1-8(2)7-5-3-4-6-7;;;;/h5,7H,3-4,6H2,1-2H3;3*1H3;. The average Bonchev–Trinajstić information content (AvgIpc) is 2.30. The van der Waals surface area contributed by atoms with Crippen LogP contribution < -0.4 is 0 Å². The average molecular weight is 276 g/mol. The van der Waals surface area contributed by atoms with Crippen molar-refractivity contribution in [1.29, 1.82) is 0 Å². The van der Waals surface area contributed by atoms with E-state index in [1.165, 1.54) is 19.3 Å². The molecule has 0 aromatic rings. The third kappa shape index (κ3) is 2.38. The van der Waals surface area contributed by atoms with Crippen LogP contribution in [0.1, 0.15) is 19.3 Å². The van der Waals surface area contributed by atoms with Crippen LogP contribution in [0.2, 0.25) is 18.8 Å². The summed E-state index contributed by atoms with van der Waals surface area (Å²) < 4.78 is 1.11. The summed E-state index contributed by atoms with van der Waals surface area (Å²) in [6, 6.07) is 0.917. The Labute approximate surface area is 81.4 Å². The normalized spacial score (nSPS) is 31.5. The summed E-state index contributed by atoms with van der Waals surface area (Å²) in [6.07, 6.45) is 4.44. The molecule has 2 atom stereocenters. The summed E-state index contributed by atoms with van der Waals surface area (Å²) in [5.41, 5.74) is 0. The van der Waals surface area contributed by atoms with E-state index in [1.54, 1.807) is 0 Å². The van der Waals surface area contributed by atoms with Gasteiger partial charge in [0.15, 0.2) is 0 Å². The molecule has 1 aliphatic rings. The third-order valence-corrected chi connectivity index (χ3v) is 11.5. The van der Waals surface area contributed by atoms with Crippen molar-refractivity contribution in [3.05, 3.63) is 0 Å². The van der Waals surface area contributed by atoms with E-state index in [1.807, 2.05) is 0 Å². The first-order valence-electron chi connectivity index (χ1n) is 5.09. The number of hydrogen-bond acceptors (Lipinski definition) is 1. The monoisotopic (exact) mass is 277 g/mol. The van der Waals surface area contributed by atoms with E-state index >= 15 is 0 Å². The molecule has 2 heteroatoms. The zero-order chi connectivity index (χ0) is 9.35. The molecule has 0 aromatic carbocycles. The van der Waals surface area contributed by atoms with Crippen LogP contribution in [0.4, 0.5) is 0 Å². The molecular weight excluding hydrogens is 253 g/mol. The van der Waals surface area contributed by atoms with Crippen LogP contribution in [0.15, 0.2) is 0 Å². The van der Waals surface area contributed by atoms with Crippen LogP contribution in [0.3, 0.4) is 0 Å². The Morgan fingerprint density at radius 1 is 1.08 bits per heavy atom. The molecule has 0 bridgehead atoms. The first kappa shape index (κ1) is 10.8. The van der Waals surface area contributed by atoms with Crippen molar-refractivity contribution in [2.24, 2.45) is 0 Å². The van der Waals surface area contributed by atoms with Crippen molar-refractivity contribution >= 4 is 18.4 Å². The Bertz CT molecular complexity index is 148. The van der Waals surface area contributed by atoms with Gasteiger partial charge in [0.1, 0.15) is 0 Å². The Kier molecular flexibility index (Phi) is 3.49. The Balaban J connectivity index is 2.64. The topological polar surface area (TPSA) is 3.24 Å². The summed E-state index contributed by atoms with van der Waals surface area (Å²) in [4.78, 5) is 10.2. The van der Waals surface area contributed by atoms with Crippen LogP contribution in [-0.2, 0) is 0 Å². The van der Waals surface area contributed by atoms with E-state index < -0.39 is 18.4 Å². The van der Waals surface area contributed by atoms with E-state index in [-0.39, 0.29) is 0 Å². The summed E-state index contributed by atoms with van der Waals surface area (Å²) in [7, 11) is 4.50. The van der Waals surface area contributed by atoms with Crippen LogP contribution in [0, 0.1) is 0 Å². The molecule has 12 heavy (non-hydrogen) atoms. The molecule has 0 heterocycles. The van der Waals surface area contributed by atoms with Crippen LogP contribution in [-0.4, -0.2) is 43.4 Å². The molecule has 0 N–H and O–H groups in total. The minimum atomic E-state index is -1.60. The van der Waals surface area contributed by atoms with Crippen molar-refractivity contribution in [2.75, 3.05) is 14.1 Å². The summed E-state index contributed by atoms with van der Waals surface area (Å²) in [6.45, 7) is 0. The minimum absolute atomic E-state index is 0.917. The number of rotatable bonds is 2. The van der Waals surface area contributed by atoms with Crippen LogP contribution in [0.5, 0.6) is 0 Å². The molecule has 0 amide bonds. The van der Waals surface area contributed by atoms with Gasteiger partial charge in [-0.05, 0) is 0 Å². The molecule has 2 unspecified atom stereocenters. The van der Waals surface area contributed by atoms with Gasteiger partial charge in [-0.15, -0.1) is 0 Å². The van der Waals surface area contributed by atoms with Gasteiger partial charge in [-0.3, -0.25) is 0 Å². The first-order chi connectivity index (χ1) is 5.43. The van der Waals surface area contributed by atoms with Crippen LogP contribution >= 0.6 is 0 Å². The Morgan fingerprint density at radius 3 is 2.00 bits per heavy atom. The fourth-order valence-electron chi connectivity index (χ4n) is 2.57. The number of hydrogen-bond donors (Lipinski definition) is 0. The predicted molar refractivity (Wildman–Crippen MR) is 58.4 cm³/mol. The van der Waals surface area contributed by atoms with Crippen molar-refractivity contribution in [3.8, 4) is 0 Å². The molecule has 1 aliphatic carbocycles. The Morgan fingerprint density at radius 2 is 1.67 bits per heavy atom. The third-order valence-electron chi connectivity index (χ3n) is 3.26. The molecule has 0 radical (unpaired) electrons. The van der Waals surface area contributed by atoms with Gasteiger partial charge in [-0.1, -0.05) is 0 Å². The van der Waals surface area contributed by atoms with Crippen molar-refractivity contribution < 1.29 is 0 Å². The van der Waals surface area contributed by atoms with Gasteiger partial charge in [-0.2, -0.15) is 0 Å². The van der Waals surface area contributed by atoms with Gasteiger partial charge in [0, 0.05) is 0 Å². The van der Waals surface area contributed by atoms with Gasteiger partial charge >= 0.3 is 81.4 Å².